The first-order valence-corrected chi connectivity index (χ1v) is 7.15. The first kappa shape index (κ1) is 14.8. The minimum atomic E-state index is -0.275. The van der Waals surface area contributed by atoms with E-state index in [1.807, 2.05) is 6.07 Å². The molecule has 1 fully saturated rings. The number of morpholine rings is 1. The molecular formula is C15H23N3O2. The van der Waals surface area contributed by atoms with Gasteiger partial charge in [0.1, 0.15) is 6.10 Å². The summed E-state index contributed by atoms with van der Waals surface area (Å²) in [5.41, 5.74) is 6.98. The fourth-order valence-corrected chi connectivity index (χ4v) is 2.46. The van der Waals surface area contributed by atoms with E-state index < -0.39 is 0 Å². The minimum Gasteiger partial charge on any atom is -0.409 e. The average molecular weight is 277 g/mol. The van der Waals surface area contributed by atoms with Crippen LogP contribution in [0.1, 0.15) is 18.4 Å². The number of benzene rings is 1. The van der Waals surface area contributed by atoms with E-state index in [-0.39, 0.29) is 11.9 Å². The van der Waals surface area contributed by atoms with Crippen molar-refractivity contribution in [1.29, 1.82) is 0 Å². The van der Waals surface area contributed by atoms with Crippen LogP contribution in [-0.2, 0) is 11.2 Å². The van der Waals surface area contributed by atoms with Crippen LogP contribution in [0.3, 0.4) is 0 Å². The molecule has 1 saturated heterocycles. The van der Waals surface area contributed by atoms with Gasteiger partial charge in [-0.25, -0.2) is 0 Å². The Morgan fingerprint density at radius 1 is 1.35 bits per heavy atom. The van der Waals surface area contributed by atoms with Crippen molar-refractivity contribution in [3.8, 4) is 0 Å². The van der Waals surface area contributed by atoms with Gasteiger partial charge in [-0.05, 0) is 31.4 Å². The molecule has 0 saturated carbocycles. The molecule has 5 nitrogen and oxygen atoms in total. The van der Waals surface area contributed by atoms with Crippen LogP contribution in [0.2, 0.25) is 0 Å². The van der Waals surface area contributed by atoms with E-state index in [9.17, 15) is 0 Å². The van der Waals surface area contributed by atoms with Crippen LogP contribution < -0.4 is 5.73 Å². The van der Waals surface area contributed by atoms with Gasteiger partial charge in [-0.3, -0.25) is 4.90 Å². The van der Waals surface area contributed by atoms with Gasteiger partial charge in [-0.15, -0.1) is 0 Å². The third-order valence-electron chi connectivity index (χ3n) is 3.63. The molecule has 110 valence electrons. The van der Waals surface area contributed by atoms with Crippen LogP contribution in [0.4, 0.5) is 0 Å². The topological polar surface area (TPSA) is 71.1 Å². The van der Waals surface area contributed by atoms with Crippen LogP contribution in [0.25, 0.3) is 0 Å². The summed E-state index contributed by atoms with van der Waals surface area (Å²) in [6.07, 6.45) is 3.17. The molecule has 1 aliphatic rings. The Morgan fingerprint density at radius 2 is 2.15 bits per heavy atom. The maximum absolute atomic E-state index is 8.68. The largest absolute Gasteiger partial charge is 0.409 e. The molecule has 5 heteroatoms. The van der Waals surface area contributed by atoms with Gasteiger partial charge in [0.2, 0.25) is 0 Å². The molecule has 1 heterocycles. The van der Waals surface area contributed by atoms with E-state index in [2.05, 4.69) is 34.3 Å². The first-order valence-electron chi connectivity index (χ1n) is 7.15. The SMILES string of the molecule is N/C(=N/O)C1CN(CCCCc2ccccc2)CCO1. The smallest absolute Gasteiger partial charge is 0.169 e. The third kappa shape index (κ3) is 4.51. The highest BCUT2D eigenvalue weighted by molar-refractivity contribution is 5.84. The number of oxime groups is 1. The molecule has 2 rings (SSSR count). The predicted octanol–water partition coefficient (Wildman–Crippen LogP) is 1.46. The molecule has 0 amide bonds. The van der Waals surface area contributed by atoms with Gasteiger partial charge < -0.3 is 15.7 Å². The maximum Gasteiger partial charge on any atom is 0.169 e. The fourth-order valence-electron chi connectivity index (χ4n) is 2.46. The van der Waals surface area contributed by atoms with Gasteiger partial charge >= 0.3 is 0 Å². The third-order valence-corrected chi connectivity index (χ3v) is 3.63. The zero-order valence-electron chi connectivity index (χ0n) is 11.7. The van der Waals surface area contributed by atoms with Crippen molar-refractivity contribution in [1.82, 2.24) is 4.90 Å². The Bertz CT molecular complexity index is 422. The van der Waals surface area contributed by atoms with Gasteiger partial charge in [-0.1, -0.05) is 35.5 Å². The molecule has 0 aromatic heterocycles. The van der Waals surface area contributed by atoms with E-state index in [4.69, 9.17) is 15.7 Å². The molecule has 20 heavy (non-hydrogen) atoms. The minimum absolute atomic E-state index is 0.166. The highest BCUT2D eigenvalue weighted by Gasteiger charge is 2.23. The molecular weight excluding hydrogens is 254 g/mol. The number of hydrogen-bond acceptors (Lipinski definition) is 4. The van der Waals surface area contributed by atoms with Gasteiger partial charge in [0.05, 0.1) is 6.61 Å². The average Bonchev–Trinajstić information content (AvgIpc) is 2.52. The van der Waals surface area contributed by atoms with E-state index in [1.54, 1.807) is 0 Å². The van der Waals surface area contributed by atoms with Gasteiger partial charge in [0.15, 0.2) is 5.84 Å². The van der Waals surface area contributed by atoms with Crippen LogP contribution in [0.5, 0.6) is 0 Å². The first-order chi connectivity index (χ1) is 9.79. The lowest BCUT2D eigenvalue weighted by molar-refractivity contribution is 0.00421. The number of amidine groups is 1. The van der Waals surface area contributed by atoms with E-state index in [1.165, 1.54) is 12.0 Å². The molecule has 1 aliphatic heterocycles. The lowest BCUT2D eigenvalue weighted by Crippen LogP contribution is -2.48. The Kier molecular flexibility index (Phi) is 5.83. The standard InChI is InChI=1S/C15H23N3O2/c16-15(17-19)14-12-18(10-11-20-14)9-5-4-8-13-6-2-1-3-7-13/h1-3,6-7,14,19H,4-5,8-12H2,(H2,16,17). The number of ether oxygens (including phenoxy) is 1. The summed E-state index contributed by atoms with van der Waals surface area (Å²) >= 11 is 0. The fraction of sp³-hybridized carbons (Fsp3) is 0.533. The van der Waals surface area contributed by atoms with Crippen molar-refractivity contribution in [2.45, 2.75) is 25.4 Å². The summed E-state index contributed by atoms with van der Waals surface area (Å²) in [5.74, 6) is 0.166. The van der Waals surface area contributed by atoms with Gasteiger partial charge in [0.25, 0.3) is 0 Å². The Hall–Kier alpha value is -1.59. The number of rotatable bonds is 6. The van der Waals surface area contributed by atoms with Gasteiger partial charge in [0, 0.05) is 13.1 Å². The van der Waals surface area contributed by atoms with Crippen LogP contribution in [0, 0.1) is 0 Å². The lowest BCUT2D eigenvalue weighted by atomic mass is 10.1. The summed E-state index contributed by atoms with van der Waals surface area (Å²) in [6.45, 7) is 3.30. The molecule has 3 N–H and O–H groups in total. The van der Waals surface area contributed by atoms with Crippen molar-refractivity contribution < 1.29 is 9.94 Å². The van der Waals surface area contributed by atoms with Crippen LogP contribution in [-0.4, -0.2) is 48.3 Å². The number of nitrogens with two attached hydrogens (primary N) is 1. The molecule has 0 radical (unpaired) electrons. The lowest BCUT2D eigenvalue weighted by Gasteiger charge is -2.32. The summed E-state index contributed by atoms with van der Waals surface area (Å²) < 4.78 is 5.48. The quantitative estimate of drug-likeness (QED) is 0.271. The molecule has 0 bridgehead atoms. The van der Waals surface area contributed by atoms with Crippen molar-refractivity contribution in [2.75, 3.05) is 26.2 Å². The molecule has 1 aromatic rings. The Balaban J connectivity index is 1.66. The van der Waals surface area contributed by atoms with E-state index >= 15 is 0 Å². The number of unbranched alkanes of at least 4 members (excludes halogenated alkanes) is 1. The monoisotopic (exact) mass is 277 g/mol. The molecule has 0 aliphatic carbocycles. The molecule has 1 unspecified atom stereocenters. The Morgan fingerprint density at radius 3 is 2.90 bits per heavy atom. The second-order valence-corrected chi connectivity index (χ2v) is 5.13. The summed E-state index contributed by atoms with van der Waals surface area (Å²) in [6, 6.07) is 10.6. The van der Waals surface area contributed by atoms with Crippen molar-refractivity contribution in [3.05, 3.63) is 35.9 Å². The molecule has 0 spiro atoms. The zero-order chi connectivity index (χ0) is 14.2. The van der Waals surface area contributed by atoms with E-state index in [0.29, 0.717) is 13.2 Å². The van der Waals surface area contributed by atoms with Crippen molar-refractivity contribution in [2.24, 2.45) is 10.9 Å². The summed E-state index contributed by atoms with van der Waals surface area (Å²) in [4.78, 5) is 2.32. The summed E-state index contributed by atoms with van der Waals surface area (Å²) in [5, 5.41) is 11.7. The number of hydrogen-bond donors (Lipinski definition) is 2. The summed E-state index contributed by atoms with van der Waals surface area (Å²) in [7, 11) is 0. The van der Waals surface area contributed by atoms with Crippen LogP contribution >= 0.6 is 0 Å². The van der Waals surface area contributed by atoms with Crippen molar-refractivity contribution in [3.63, 3.8) is 0 Å². The van der Waals surface area contributed by atoms with E-state index in [0.717, 1.165) is 25.9 Å². The van der Waals surface area contributed by atoms with Gasteiger partial charge in [-0.2, -0.15) is 0 Å². The predicted molar refractivity (Wildman–Crippen MR) is 79.0 cm³/mol. The zero-order valence-corrected chi connectivity index (χ0v) is 11.7. The Labute approximate surface area is 120 Å². The normalized spacial score (nSPS) is 21.0. The number of nitrogens with zero attached hydrogens (tertiary/aromatic N) is 2. The second-order valence-electron chi connectivity index (χ2n) is 5.13. The second kappa shape index (κ2) is 7.87. The number of aryl methyl sites for hydroxylation is 1. The van der Waals surface area contributed by atoms with Crippen molar-refractivity contribution >= 4 is 5.84 Å². The molecule has 1 aromatic carbocycles. The highest BCUT2D eigenvalue weighted by Crippen LogP contribution is 2.09. The maximum atomic E-state index is 8.68. The highest BCUT2D eigenvalue weighted by atomic mass is 16.5. The molecule has 1 atom stereocenters. The van der Waals surface area contributed by atoms with Crippen LogP contribution in [0.15, 0.2) is 35.5 Å².